The molecule has 2 aromatic rings. The molecule has 4 nitrogen and oxygen atoms in total. The molecule has 182 valence electrons. The SMILES string of the molecule is C[N@+]1(CC2CC2)CC[C@@]2(c3cccc(O)c3)C[C@@H](NC(=O)Cc3ccc(Cl)c(Cl)c3)CCC2C1. The largest absolute Gasteiger partial charge is 0.508 e. The Kier molecular flexibility index (Phi) is 6.60. The van der Waals surface area contributed by atoms with Crippen LogP contribution in [0.1, 0.15) is 49.7 Å². The predicted octanol–water partition coefficient (Wildman–Crippen LogP) is 5.72. The maximum absolute atomic E-state index is 12.9. The molecule has 2 N–H and O–H groups in total. The van der Waals surface area contributed by atoms with Crippen LogP contribution < -0.4 is 5.32 Å². The van der Waals surface area contributed by atoms with Gasteiger partial charge in [0.25, 0.3) is 0 Å². The number of phenolic OH excluding ortho intramolecular Hbond substituents is 1. The fourth-order valence-electron chi connectivity index (χ4n) is 6.69. The van der Waals surface area contributed by atoms with E-state index in [1.54, 1.807) is 18.2 Å². The number of aromatic hydroxyl groups is 1. The lowest BCUT2D eigenvalue weighted by Crippen LogP contribution is -2.62. The van der Waals surface area contributed by atoms with Gasteiger partial charge in [-0.15, -0.1) is 0 Å². The summed E-state index contributed by atoms with van der Waals surface area (Å²) in [4.78, 5) is 12.9. The third-order valence-corrected chi connectivity index (χ3v) is 9.28. The number of quaternary nitrogens is 1. The molecule has 0 bridgehead atoms. The number of hydrogen-bond donors (Lipinski definition) is 2. The number of rotatable bonds is 6. The number of piperidine rings is 1. The van der Waals surface area contributed by atoms with Gasteiger partial charge in [-0.25, -0.2) is 0 Å². The fourth-order valence-corrected chi connectivity index (χ4v) is 7.01. The van der Waals surface area contributed by atoms with Crippen LogP contribution in [0.5, 0.6) is 5.75 Å². The minimum atomic E-state index is -0.000171. The number of halogens is 2. The minimum absolute atomic E-state index is 0.000171. The van der Waals surface area contributed by atoms with Crippen molar-refractivity contribution in [2.75, 3.05) is 26.7 Å². The first-order valence-corrected chi connectivity index (χ1v) is 13.4. The maximum atomic E-state index is 12.9. The van der Waals surface area contributed by atoms with Crippen molar-refractivity contribution in [3.63, 3.8) is 0 Å². The van der Waals surface area contributed by atoms with Crippen LogP contribution >= 0.6 is 23.2 Å². The molecule has 3 aliphatic rings. The van der Waals surface area contributed by atoms with Crippen LogP contribution in [-0.2, 0) is 16.6 Å². The van der Waals surface area contributed by atoms with Crippen LogP contribution in [0.15, 0.2) is 42.5 Å². The molecule has 2 saturated carbocycles. The van der Waals surface area contributed by atoms with Crippen molar-refractivity contribution in [3.8, 4) is 5.75 Å². The van der Waals surface area contributed by atoms with Gasteiger partial charge in [0.05, 0.1) is 43.1 Å². The first-order chi connectivity index (χ1) is 16.2. The summed E-state index contributed by atoms with van der Waals surface area (Å²) in [7, 11) is 2.44. The normalized spacial score (nSPS) is 31.0. The van der Waals surface area contributed by atoms with E-state index in [4.69, 9.17) is 23.2 Å². The highest BCUT2D eigenvalue weighted by Gasteiger charge is 2.53. The van der Waals surface area contributed by atoms with Gasteiger partial charge in [0, 0.05) is 29.7 Å². The average molecular weight is 503 g/mol. The van der Waals surface area contributed by atoms with Gasteiger partial charge in [-0.3, -0.25) is 4.79 Å². The Balaban J connectivity index is 1.33. The quantitative estimate of drug-likeness (QED) is 0.496. The number of carbonyl (C=O) groups is 1. The highest BCUT2D eigenvalue weighted by Crippen LogP contribution is 2.51. The highest BCUT2D eigenvalue weighted by molar-refractivity contribution is 6.42. The number of nitrogens with one attached hydrogen (secondary N) is 1. The Morgan fingerprint density at radius 2 is 1.94 bits per heavy atom. The Morgan fingerprint density at radius 1 is 1.12 bits per heavy atom. The van der Waals surface area contributed by atoms with Gasteiger partial charge in [-0.1, -0.05) is 41.4 Å². The van der Waals surface area contributed by atoms with E-state index in [0.717, 1.165) is 43.7 Å². The van der Waals surface area contributed by atoms with Crippen molar-refractivity contribution in [3.05, 3.63) is 63.6 Å². The second kappa shape index (κ2) is 9.37. The Hall–Kier alpha value is -1.75. The summed E-state index contributed by atoms with van der Waals surface area (Å²) in [5.74, 6) is 1.83. The van der Waals surface area contributed by atoms with Gasteiger partial charge in [0.2, 0.25) is 5.91 Å². The summed E-state index contributed by atoms with van der Waals surface area (Å²) >= 11 is 12.2. The summed E-state index contributed by atoms with van der Waals surface area (Å²) < 4.78 is 1.17. The van der Waals surface area contributed by atoms with E-state index in [9.17, 15) is 9.90 Å². The number of hydrogen-bond acceptors (Lipinski definition) is 2. The zero-order valence-electron chi connectivity index (χ0n) is 19.9. The lowest BCUT2D eigenvalue weighted by molar-refractivity contribution is -0.921. The van der Waals surface area contributed by atoms with E-state index >= 15 is 0 Å². The van der Waals surface area contributed by atoms with E-state index in [2.05, 4.69) is 18.4 Å². The smallest absolute Gasteiger partial charge is 0.224 e. The number of nitrogens with zero attached hydrogens (tertiary/aromatic N) is 1. The third kappa shape index (κ3) is 5.10. The van der Waals surface area contributed by atoms with Gasteiger partial charge in [0.1, 0.15) is 5.75 Å². The molecule has 0 spiro atoms. The van der Waals surface area contributed by atoms with Crippen LogP contribution in [0.25, 0.3) is 0 Å². The molecule has 1 unspecified atom stereocenters. The Morgan fingerprint density at radius 3 is 2.68 bits per heavy atom. The van der Waals surface area contributed by atoms with Crippen LogP contribution in [0.4, 0.5) is 0 Å². The van der Waals surface area contributed by atoms with E-state index < -0.39 is 0 Å². The van der Waals surface area contributed by atoms with Gasteiger partial charge in [0.15, 0.2) is 0 Å². The zero-order chi connectivity index (χ0) is 23.9. The van der Waals surface area contributed by atoms with Crippen LogP contribution in [-0.4, -0.2) is 48.2 Å². The minimum Gasteiger partial charge on any atom is -0.508 e. The molecule has 3 fully saturated rings. The van der Waals surface area contributed by atoms with Crippen molar-refractivity contribution >= 4 is 29.1 Å². The zero-order valence-corrected chi connectivity index (χ0v) is 21.4. The molecule has 2 aliphatic carbocycles. The number of amides is 1. The van der Waals surface area contributed by atoms with Crippen LogP contribution in [0.2, 0.25) is 10.0 Å². The monoisotopic (exact) mass is 501 g/mol. The van der Waals surface area contributed by atoms with Crippen LogP contribution in [0.3, 0.4) is 0 Å². The highest BCUT2D eigenvalue weighted by atomic mass is 35.5. The second-order valence-electron chi connectivity index (χ2n) is 11.3. The Bertz CT molecular complexity index is 1070. The van der Waals surface area contributed by atoms with Crippen molar-refractivity contribution < 1.29 is 14.4 Å². The van der Waals surface area contributed by atoms with Gasteiger partial charge >= 0.3 is 0 Å². The van der Waals surface area contributed by atoms with Gasteiger partial charge in [-0.2, -0.15) is 0 Å². The van der Waals surface area contributed by atoms with Crippen LogP contribution in [0, 0.1) is 11.8 Å². The molecule has 5 rings (SSSR count). The summed E-state index contributed by atoms with van der Waals surface area (Å²) in [6.45, 7) is 3.65. The van der Waals surface area contributed by atoms with Crippen molar-refractivity contribution in [1.82, 2.24) is 5.32 Å². The molecule has 1 saturated heterocycles. The summed E-state index contributed by atoms with van der Waals surface area (Å²) in [6.07, 6.45) is 7.22. The summed E-state index contributed by atoms with van der Waals surface area (Å²) in [6, 6.07) is 13.4. The van der Waals surface area contributed by atoms with Gasteiger partial charge in [-0.05, 0) is 67.5 Å². The molecule has 34 heavy (non-hydrogen) atoms. The molecule has 1 amide bonds. The topological polar surface area (TPSA) is 49.3 Å². The number of benzene rings is 2. The molecule has 1 heterocycles. The van der Waals surface area contributed by atoms with Crippen molar-refractivity contribution in [2.24, 2.45) is 11.8 Å². The van der Waals surface area contributed by atoms with E-state index in [0.29, 0.717) is 28.1 Å². The second-order valence-corrected chi connectivity index (χ2v) is 12.1. The molecular formula is C28H35Cl2N2O2+. The first-order valence-electron chi connectivity index (χ1n) is 12.6. The lowest BCUT2D eigenvalue weighted by Gasteiger charge is -2.55. The molecule has 0 radical (unpaired) electrons. The van der Waals surface area contributed by atoms with E-state index in [1.165, 1.54) is 36.0 Å². The molecular weight excluding hydrogens is 467 g/mol. The third-order valence-electron chi connectivity index (χ3n) is 8.55. The standard InChI is InChI=1S/C28H34Cl2N2O2/c1-32(17-19-5-6-19)12-11-28(21-3-2-4-24(33)15-21)16-23(9-8-22(28)18-32)31-27(34)14-20-7-10-25(29)26(30)13-20/h2-4,7,10,13,15,19,22-23H,5-6,8-9,11-12,14,16-18H2,1H3,(H-,31,33,34)/p+1/t22?,23-,28-,32+/m0/s1. The number of likely N-dealkylation sites (tertiary alicyclic amines) is 1. The lowest BCUT2D eigenvalue weighted by atomic mass is 9.57. The van der Waals surface area contributed by atoms with Crippen molar-refractivity contribution in [1.29, 1.82) is 0 Å². The molecule has 0 aromatic heterocycles. The predicted molar refractivity (Wildman–Crippen MR) is 137 cm³/mol. The molecule has 2 aromatic carbocycles. The maximum Gasteiger partial charge on any atom is 0.224 e. The Labute approximate surface area is 212 Å². The molecule has 4 atom stereocenters. The fraction of sp³-hybridized carbons (Fsp3) is 0.536. The number of phenols is 1. The number of carbonyl (C=O) groups excluding carboxylic acids is 1. The van der Waals surface area contributed by atoms with E-state index in [-0.39, 0.29) is 17.4 Å². The molecule has 6 heteroatoms. The summed E-state index contributed by atoms with van der Waals surface area (Å²) in [5, 5.41) is 14.6. The molecule has 1 aliphatic heterocycles. The van der Waals surface area contributed by atoms with E-state index in [1.807, 2.05) is 18.2 Å². The summed E-state index contributed by atoms with van der Waals surface area (Å²) in [5.41, 5.74) is 2.10. The van der Waals surface area contributed by atoms with Crippen molar-refractivity contribution in [2.45, 2.75) is 56.4 Å². The first kappa shape index (κ1) is 24.0. The van der Waals surface area contributed by atoms with Gasteiger partial charge < -0.3 is 14.9 Å². The number of fused-ring (bicyclic) bond motifs is 1. The average Bonchev–Trinajstić information content (AvgIpc) is 3.60.